The molecule has 0 atom stereocenters. The van der Waals surface area contributed by atoms with Gasteiger partial charge in [0.25, 0.3) is 0 Å². The summed E-state index contributed by atoms with van der Waals surface area (Å²) in [6.45, 7) is 4.06. The summed E-state index contributed by atoms with van der Waals surface area (Å²) in [7, 11) is 0. The fourth-order valence-corrected chi connectivity index (χ4v) is 1.88. The van der Waals surface area contributed by atoms with Crippen molar-refractivity contribution in [3.8, 4) is 5.75 Å². The van der Waals surface area contributed by atoms with Gasteiger partial charge in [0.05, 0.1) is 5.69 Å². The first kappa shape index (κ1) is 13.9. The van der Waals surface area contributed by atoms with Crippen LogP contribution in [0.3, 0.4) is 0 Å². The number of anilines is 1. The highest BCUT2D eigenvalue weighted by atomic mass is 16.3. The summed E-state index contributed by atoms with van der Waals surface area (Å²) in [6, 6.07) is 10.3. The summed E-state index contributed by atoms with van der Waals surface area (Å²) >= 11 is 0. The number of fused-ring (bicyclic) bond motifs is 1. The monoisotopic (exact) mass is 270 g/mol. The van der Waals surface area contributed by atoms with Crippen LogP contribution in [0.5, 0.6) is 5.75 Å². The lowest BCUT2D eigenvalue weighted by molar-refractivity contribution is 0.255. The number of hydrogen-bond donors (Lipinski definition) is 3. The van der Waals surface area contributed by atoms with Crippen molar-refractivity contribution >= 4 is 22.5 Å². The second-order valence-electron chi connectivity index (χ2n) is 4.88. The minimum atomic E-state index is -0.308. The number of benzene rings is 2. The van der Waals surface area contributed by atoms with Crippen molar-refractivity contribution in [1.82, 2.24) is 5.32 Å². The molecule has 4 nitrogen and oxygen atoms in total. The van der Waals surface area contributed by atoms with Crippen molar-refractivity contribution in [3.63, 3.8) is 0 Å². The molecule has 0 aliphatic rings. The summed E-state index contributed by atoms with van der Waals surface area (Å²) in [5.41, 5.74) is 0.661. The second kappa shape index (κ2) is 6.10. The SMILES string of the molecule is CC(C)/C=C/NC(=O)Nc1cccc2c(O)cccc12. The average Bonchev–Trinajstić information content (AvgIpc) is 2.39. The van der Waals surface area contributed by atoms with Crippen LogP contribution < -0.4 is 10.6 Å². The van der Waals surface area contributed by atoms with Gasteiger partial charge in [-0.05, 0) is 18.1 Å². The number of urea groups is 1. The predicted molar refractivity (Wildman–Crippen MR) is 81.7 cm³/mol. The van der Waals surface area contributed by atoms with Gasteiger partial charge in [0, 0.05) is 17.0 Å². The highest BCUT2D eigenvalue weighted by Crippen LogP contribution is 2.29. The van der Waals surface area contributed by atoms with Crippen molar-refractivity contribution < 1.29 is 9.90 Å². The average molecular weight is 270 g/mol. The summed E-state index contributed by atoms with van der Waals surface area (Å²) in [5.74, 6) is 0.580. The maximum atomic E-state index is 11.8. The molecule has 0 aliphatic heterocycles. The third kappa shape index (κ3) is 3.29. The molecule has 0 saturated heterocycles. The lowest BCUT2D eigenvalue weighted by Crippen LogP contribution is -2.24. The topological polar surface area (TPSA) is 61.4 Å². The van der Waals surface area contributed by atoms with Crippen LogP contribution >= 0.6 is 0 Å². The van der Waals surface area contributed by atoms with E-state index in [0.29, 0.717) is 17.0 Å². The Hall–Kier alpha value is -2.49. The van der Waals surface area contributed by atoms with Gasteiger partial charge in [-0.25, -0.2) is 4.79 Å². The third-order valence-electron chi connectivity index (χ3n) is 2.84. The number of nitrogens with one attached hydrogen (secondary N) is 2. The van der Waals surface area contributed by atoms with E-state index in [4.69, 9.17) is 0 Å². The molecule has 2 rings (SSSR count). The largest absolute Gasteiger partial charge is 0.507 e. The Bertz CT molecular complexity index is 648. The number of phenols is 1. The molecule has 0 fully saturated rings. The molecule has 2 aromatic carbocycles. The van der Waals surface area contributed by atoms with E-state index in [0.717, 1.165) is 5.39 Å². The Morgan fingerprint density at radius 3 is 2.60 bits per heavy atom. The van der Waals surface area contributed by atoms with Gasteiger partial charge >= 0.3 is 6.03 Å². The van der Waals surface area contributed by atoms with E-state index >= 15 is 0 Å². The Kier molecular flexibility index (Phi) is 4.25. The third-order valence-corrected chi connectivity index (χ3v) is 2.84. The first-order valence-electron chi connectivity index (χ1n) is 6.53. The maximum absolute atomic E-state index is 11.8. The maximum Gasteiger partial charge on any atom is 0.323 e. The van der Waals surface area contributed by atoms with Gasteiger partial charge in [0.1, 0.15) is 5.75 Å². The number of aromatic hydroxyl groups is 1. The number of phenolic OH excluding ortho intramolecular Hbond substituents is 1. The molecule has 2 aromatic rings. The quantitative estimate of drug-likeness (QED) is 0.793. The van der Waals surface area contributed by atoms with Crippen molar-refractivity contribution in [1.29, 1.82) is 0 Å². The molecular weight excluding hydrogens is 252 g/mol. The number of rotatable bonds is 3. The molecule has 2 amide bonds. The fraction of sp³-hybridized carbons (Fsp3) is 0.188. The molecule has 0 heterocycles. The number of carbonyl (C=O) groups is 1. The lowest BCUT2D eigenvalue weighted by Gasteiger charge is -2.09. The molecule has 0 saturated carbocycles. The van der Waals surface area contributed by atoms with Crippen molar-refractivity contribution in [2.45, 2.75) is 13.8 Å². The van der Waals surface area contributed by atoms with Crippen LogP contribution in [0.1, 0.15) is 13.8 Å². The van der Waals surface area contributed by atoms with Gasteiger partial charge in [0.15, 0.2) is 0 Å². The van der Waals surface area contributed by atoms with Gasteiger partial charge in [-0.1, -0.05) is 44.2 Å². The van der Waals surface area contributed by atoms with Crippen LogP contribution in [0.15, 0.2) is 48.7 Å². The Morgan fingerprint density at radius 1 is 1.15 bits per heavy atom. The summed E-state index contributed by atoms with van der Waals surface area (Å²) in [6.07, 6.45) is 3.52. The van der Waals surface area contributed by atoms with Crippen LogP contribution in [-0.2, 0) is 0 Å². The molecule has 4 heteroatoms. The summed E-state index contributed by atoms with van der Waals surface area (Å²) < 4.78 is 0. The standard InChI is InChI=1S/C16H18N2O2/c1-11(2)9-10-17-16(20)18-14-7-3-6-13-12(14)5-4-8-15(13)19/h3-11,19H,1-2H3,(H2,17,18,20)/b10-9+. The van der Waals surface area contributed by atoms with Crippen LogP contribution in [0.25, 0.3) is 10.8 Å². The first-order chi connectivity index (χ1) is 9.58. The van der Waals surface area contributed by atoms with Gasteiger partial charge < -0.3 is 15.7 Å². The number of hydrogen-bond acceptors (Lipinski definition) is 2. The highest BCUT2D eigenvalue weighted by molar-refractivity contribution is 6.03. The van der Waals surface area contributed by atoms with Crippen molar-refractivity contribution in [3.05, 3.63) is 48.7 Å². The van der Waals surface area contributed by atoms with Gasteiger partial charge in [-0.2, -0.15) is 0 Å². The van der Waals surface area contributed by atoms with Crippen LogP contribution in [0, 0.1) is 5.92 Å². The highest BCUT2D eigenvalue weighted by Gasteiger charge is 2.06. The van der Waals surface area contributed by atoms with Gasteiger partial charge in [0.2, 0.25) is 0 Å². The number of allylic oxidation sites excluding steroid dienone is 1. The van der Waals surface area contributed by atoms with Crippen LogP contribution in [0.4, 0.5) is 10.5 Å². The lowest BCUT2D eigenvalue weighted by atomic mass is 10.1. The van der Waals surface area contributed by atoms with E-state index < -0.39 is 0 Å². The zero-order valence-corrected chi connectivity index (χ0v) is 11.6. The fourth-order valence-electron chi connectivity index (χ4n) is 1.88. The molecule has 0 aliphatic carbocycles. The molecule has 0 radical (unpaired) electrons. The predicted octanol–water partition coefficient (Wildman–Crippen LogP) is 3.84. The zero-order valence-electron chi connectivity index (χ0n) is 11.6. The normalized spacial score (nSPS) is 11.2. The van der Waals surface area contributed by atoms with Crippen molar-refractivity contribution in [2.75, 3.05) is 5.32 Å². The van der Waals surface area contributed by atoms with Gasteiger partial charge in [-0.3, -0.25) is 0 Å². The minimum Gasteiger partial charge on any atom is -0.507 e. The molecular formula is C16H18N2O2. The second-order valence-corrected chi connectivity index (χ2v) is 4.88. The molecule has 0 unspecified atom stereocenters. The van der Waals surface area contributed by atoms with E-state index in [1.54, 1.807) is 30.5 Å². The van der Waals surface area contributed by atoms with E-state index in [2.05, 4.69) is 10.6 Å². The van der Waals surface area contributed by atoms with E-state index in [9.17, 15) is 9.90 Å². The Morgan fingerprint density at radius 2 is 1.85 bits per heavy atom. The van der Waals surface area contributed by atoms with E-state index in [1.807, 2.05) is 32.1 Å². The first-order valence-corrected chi connectivity index (χ1v) is 6.53. The van der Waals surface area contributed by atoms with E-state index in [1.165, 1.54) is 0 Å². The van der Waals surface area contributed by atoms with Crippen molar-refractivity contribution in [2.24, 2.45) is 5.92 Å². The number of carbonyl (C=O) groups excluding carboxylic acids is 1. The zero-order chi connectivity index (χ0) is 14.5. The molecule has 0 bridgehead atoms. The number of amides is 2. The molecule has 20 heavy (non-hydrogen) atoms. The van der Waals surface area contributed by atoms with Gasteiger partial charge in [-0.15, -0.1) is 0 Å². The van der Waals surface area contributed by atoms with E-state index in [-0.39, 0.29) is 11.8 Å². The smallest absolute Gasteiger partial charge is 0.323 e. The van der Waals surface area contributed by atoms with Crippen LogP contribution in [0.2, 0.25) is 0 Å². The van der Waals surface area contributed by atoms with Crippen LogP contribution in [-0.4, -0.2) is 11.1 Å². The molecule has 104 valence electrons. The summed E-state index contributed by atoms with van der Waals surface area (Å²) in [4.78, 5) is 11.8. The minimum absolute atomic E-state index is 0.200. The Labute approximate surface area is 118 Å². The summed E-state index contributed by atoms with van der Waals surface area (Å²) in [5, 5.41) is 16.7. The molecule has 0 aromatic heterocycles. The Balaban J connectivity index is 2.18. The molecule has 3 N–H and O–H groups in total. The molecule has 0 spiro atoms.